The average molecular weight is 632 g/mol. The Labute approximate surface area is 265 Å². The van der Waals surface area contributed by atoms with Gasteiger partial charge in [0.25, 0.3) is 5.56 Å². The summed E-state index contributed by atoms with van der Waals surface area (Å²) in [6, 6.07) is 10.1. The lowest BCUT2D eigenvalue weighted by atomic mass is 9.71. The second kappa shape index (κ2) is 11.9. The number of amides is 1. The van der Waals surface area contributed by atoms with Crippen LogP contribution >= 0.6 is 0 Å². The highest BCUT2D eigenvalue weighted by Crippen LogP contribution is 2.42. The summed E-state index contributed by atoms with van der Waals surface area (Å²) in [5.41, 5.74) is 2.84. The molecule has 0 saturated heterocycles. The van der Waals surface area contributed by atoms with Crippen molar-refractivity contribution in [3.05, 3.63) is 57.4 Å². The van der Waals surface area contributed by atoms with Crippen molar-refractivity contribution in [1.29, 1.82) is 0 Å². The number of benzene rings is 1. The predicted octanol–water partition coefficient (Wildman–Crippen LogP) is 5.72. The first-order chi connectivity index (χ1) is 21.1. The molecule has 1 atom stereocenters. The minimum atomic E-state index is -1.98. The standard InChI is InChI=1S/C35H45N3O6Si/c1-9-35(18-22(39)13-12-16-36-33(42)44-34(4,5)6)26-17-28-29-24(19-38(28)31(40)25(26)20-43-32(35)41)30(45(7,8)21(2)3)23-14-10-11-15-27(23)37-29/h10-11,14-15,17,21H,9,12-13,16,18-20H2,1-8H3,(H,36,42)/t35-/m0/s1. The Hall–Kier alpha value is -3.79. The van der Waals surface area contributed by atoms with Gasteiger partial charge in [-0.2, -0.15) is 0 Å². The predicted molar refractivity (Wildman–Crippen MR) is 178 cm³/mol. The van der Waals surface area contributed by atoms with Gasteiger partial charge in [0.05, 0.1) is 37.1 Å². The molecule has 240 valence electrons. The van der Waals surface area contributed by atoms with Gasteiger partial charge in [0.2, 0.25) is 0 Å². The molecule has 2 aromatic heterocycles. The van der Waals surface area contributed by atoms with Crippen molar-refractivity contribution in [3.63, 3.8) is 0 Å². The van der Waals surface area contributed by atoms with Gasteiger partial charge < -0.3 is 19.4 Å². The second-order valence-corrected chi connectivity index (χ2v) is 19.4. The largest absolute Gasteiger partial charge is 0.460 e. The van der Waals surface area contributed by atoms with Crippen molar-refractivity contribution in [2.75, 3.05) is 6.54 Å². The van der Waals surface area contributed by atoms with Crippen LogP contribution in [0.4, 0.5) is 4.79 Å². The maximum atomic E-state index is 14.2. The number of carbonyl (C=O) groups is 3. The van der Waals surface area contributed by atoms with Gasteiger partial charge in [-0.05, 0) is 73.0 Å². The molecule has 0 fully saturated rings. The zero-order valence-corrected chi connectivity index (χ0v) is 28.8. The number of aromatic nitrogens is 2. The number of carbonyl (C=O) groups excluding carboxylic acids is 3. The van der Waals surface area contributed by atoms with Crippen molar-refractivity contribution in [2.45, 2.75) is 110 Å². The minimum absolute atomic E-state index is 0.0821. The third-order valence-electron chi connectivity index (χ3n) is 9.70. The molecule has 1 amide bonds. The fourth-order valence-corrected chi connectivity index (χ4v) is 9.10. The number of rotatable bonds is 9. The van der Waals surface area contributed by atoms with E-state index < -0.39 is 31.2 Å². The summed E-state index contributed by atoms with van der Waals surface area (Å²) < 4.78 is 12.6. The van der Waals surface area contributed by atoms with E-state index in [9.17, 15) is 19.2 Å². The van der Waals surface area contributed by atoms with Crippen LogP contribution in [0.2, 0.25) is 18.6 Å². The van der Waals surface area contributed by atoms with Crippen LogP contribution in [0.3, 0.4) is 0 Å². The highest BCUT2D eigenvalue weighted by atomic mass is 28.3. The first kappa shape index (κ1) is 32.6. The smallest absolute Gasteiger partial charge is 0.407 e. The molecular weight excluding hydrogens is 586 g/mol. The van der Waals surface area contributed by atoms with Crippen LogP contribution in [0.25, 0.3) is 22.3 Å². The maximum Gasteiger partial charge on any atom is 0.407 e. The molecule has 0 spiro atoms. The normalized spacial score (nSPS) is 17.5. The van der Waals surface area contributed by atoms with E-state index in [1.165, 1.54) is 5.19 Å². The SMILES string of the molecule is CC[C@@]1(CC(=O)CCCNC(=O)OC(C)(C)C)C(=O)OCc2c1cc1n(c2=O)Cc2c-1nc1ccccc1c2[Si](C)(C)C(C)C. The van der Waals surface area contributed by atoms with Gasteiger partial charge in [0, 0.05) is 19.4 Å². The number of alkyl carbamates (subject to hydrolysis) is 1. The highest BCUT2D eigenvalue weighted by molar-refractivity contribution is 6.92. The zero-order chi connectivity index (χ0) is 32.9. The van der Waals surface area contributed by atoms with Crippen LogP contribution in [0.1, 0.15) is 83.9 Å². The molecule has 2 aliphatic rings. The Kier molecular flexibility index (Phi) is 8.59. The molecule has 1 aromatic carbocycles. The maximum absolute atomic E-state index is 14.2. The summed E-state index contributed by atoms with van der Waals surface area (Å²) in [5, 5.41) is 5.13. The van der Waals surface area contributed by atoms with Gasteiger partial charge in [-0.25, -0.2) is 9.78 Å². The summed E-state index contributed by atoms with van der Waals surface area (Å²) in [6.07, 6.45) is 0.249. The molecule has 2 aliphatic heterocycles. The number of para-hydroxylation sites is 1. The summed E-state index contributed by atoms with van der Waals surface area (Å²) >= 11 is 0. The van der Waals surface area contributed by atoms with Crippen LogP contribution in [0.5, 0.6) is 0 Å². The molecule has 3 aromatic rings. The first-order valence-electron chi connectivity index (χ1n) is 16.0. The van der Waals surface area contributed by atoms with Crippen LogP contribution in [-0.2, 0) is 37.6 Å². The van der Waals surface area contributed by atoms with Crippen molar-refractivity contribution in [2.24, 2.45) is 0 Å². The lowest BCUT2D eigenvalue weighted by Gasteiger charge is -2.36. The number of cyclic esters (lactones) is 1. The fraction of sp³-hybridized carbons (Fsp3) is 0.514. The lowest BCUT2D eigenvalue weighted by molar-refractivity contribution is -0.156. The topological polar surface area (TPSA) is 117 Å². The van der Waals surface area contributed by atoms with Crippen molar-refractivity contribution in [3.8, 4) is 11.4 Å². The Morgan fingerprint density at radius 3 is 2.53 bits per heavy atom. The molecule has 0 bridgehead atoms. The van der Waals surface area contributed by atoms with Gasteiger partial charge in [0.1, 0.15) is 23.4 Å². The van der Waals surface area contributed by atoms with Crippen molar-refractivity contribution >= 4 is 42.0 Å². The van der Waals surface area contributed by atoms with Crippen LogP contribution in [-0.4, -0.2) is 47.6 Å². The van der Waals surface area contributed by atoms with Gasteiger partial charge in [-0.1, -0.05) is 52.1 Å². The number of ether oxygens (including phenoxy) is 2. The highest BCUT2D eigenvalue weighted by Gasteiger charge is 2.48. The molecule has 0 saturated carbocycles. The van der Waals surface area contributed by atoms with Gasteiger partial charge in [-0.3, -0.25) is 14.4 Å². The van der Waals surface area contributed by atoms with Crippen LogP contribution in [0, 0.1) is 0 Å². The van der Waals surface area contributed by atoms with E-state index in [-0.39, 0.29) is 37.3 Å². The van der Waals surface area contributed by atoms with Gasteiger partial charge in [-0.15, -0.1) is 0 Å². The number of hydrogen-bond acceptors (Lipinski definition) is 7. The molecule has 5 rings (SSSR count). The number of pyridine rings is 2. The van der Waals surface area contributed by atoms with Crippen LogP contribution in [0.15, 0.2) is 35.1 Å². The summed E-state index contributed by atoms with van der Waals surface area (Å²) in [7, 11) is -1.98. The molecule has 1 N–H and O–H groups in total. The number of nitrogens with zero attached hydrogens (tertiary/aromatic N) is 2. The molecule has 0 unspecified atom stereocenters. The third-order valence-corrected chi connectivity index (χ3v) is 14.4. The lowest BCUT2D eigenvalue weighted by Crippen LogP contribution is -2.47. The average Bonchev–Trinajstić information content (AvgIpc) is 3.32. The quantitative estimate of drug-likeness (QED) is 0.143. The number of Topliss-reactive ketones (excluding diaryl/α,β-unsaturated/α-hetero) is 1. The summed E-state index contributed by atoms with van der Waals surface area (Å²) in [5.74, 6) is -0.620. The van der Waals surface area contributed by atoms with E-state index in [1.807, 2.05) is 31.2 Å². The molecule has 10 heteroatoms. The van der Waals surface area contributed by atoms with E-state index in [0.717, 1.165) is 22.2 Å². The zero-order valence-electron chi connectivity index (χ0n) is 27.8. The molecule has 0 radical (unpaired) electrons. The minimum Gasteiger partial charge on any atom is -0.460 e. The Bertz CT molecular complexity index is 1750. The molecule has 9 nitrogen and oxygen atoms in total. The van der Waals surface area contributed by atoms with E-state index in [2.05, 4.69) is 38.3 Å². The number of fused-ring (bicyclic) bond motifs is 5. The molecule has 4 heterocycles. The monoisotopic (exact) mass is 631 g/mol. The van der Waals surface area contributed by atoms with E-state index in [0.29, 0.717) is 41.7 Å². The molecule has 45 heavy (non-hydrogen) atoms. The molecular formula is C35H45N3O6Si. The second-order valence-electron chi connectivity index (χ2n) is 14.3. The fourth-order valence-electron chi connectivity index (χ4n) is 6.64. The number of esters is 1. The number of nitrogens with one attached hydrogen (secondary N) is 1. The summed E-state index contributed by atoms with van der Waals surface area (Å²) in [4.78, 5) is 58.1. The summed E-state index contributed by atoms with van der Waals surface area (Å²) in [6.45, 7) is 17.1. The number of hydrogen-bond donors (Lipinski definition) is 1. The van der Waals surface area contributed by atoms with Crippen molar-refractivity contribution in [1.82, 2.24) is 14.9 Å². The van der Waals surface area contributed by atoms with Gasteiger partial charge >= 0.3 is 12.1 Å². The number of ketones is 1. The Balaban J connectivity index is 1.52. The van der Waals surface area contributed by atoms with E-state index in [1.54, 1.807) is 25.3 Å². The molecule has 0 aliphatic carbocycles. The van der Waals surface area contributed by atoms with Crippen molar-refractivity contribution < 1.29 is 23.9 Å². The Morgan fingerprint density at radius 2 is 1.87 bits per heavy atom. The third kappa shape index (κ3) is 5.85. The van der Waals surface area contributed by atoms with E-state index >= 15 is 0 Å². The van der Waals surface area contributed by atoms with Gasteiger partial charge in [0.15, 0.2) is 0 Å². The first-order valence-corrected chi connectivity index (χ1v) is 19.0. The van der Waals surface area contributed by atoms with Crippen LogP contribution < -0.4 is 16.1 Å². The van der Waals surface area contributed by atoms with E-state index in [4.69, 9.17) is 14.5 Å². The Morgan fingerprint density at radius 1 is 1.16 bits per heavy atom.